The van der Waals surface area contributed by atoms with Crippen molar-refractivity contribution in [1.29, 1.82) is 0 Å². The van der Waals surface area contributed by atoms with Gasteiger partial charge in [-0.15, -0.1) is 0 Å². The highest BCUT2D eigenvalue weighted by Gasteiger charge is 2.38. The fourth-order valence-electron chi connectivity index (χ4n) is 2.85. The molecule has 0 aliphatic rings. The third-order valence-corrected chi connectivity index (χ3v) is 8.05. The van der Waals surface area contributed by atoms with E-state index < -0.39 is 8.07 Å². The number of hydrogen-bond donors (Lipinski definition) is 0. The Labute approximate surface area is 108 Å². The predicted octanol–water partition coefficient (Wildman–Crippen LogP) is 4.59. The molecule has 0 heterocycles. The summed E-state index contributed by atoms with van der Waals surface area (Å²) in [5.41, 5.74) is 1.00. The molecule has 1 heteroatoms. The van der Waals surface area contributed by atoms with Crippen molar-refractivity contribution in [3.63, 3.8) is 0 Å². The van der Waals surface area contributed by atoms with Gasteiger partial charge in [-0.05, 0) is 17.9 Å². The van der Waals surface area contributed by atoms with Crippen molar-refractivity contribution in [2.75, 3.05) is 0 Å². The fourth-order valence-corrected chi connectivity index (χ4v) is 7.10. The van der Waals surface area contributed by atoms with Crippen molar-refractivity contribution < 1.29 is 0 Å². The van der Waals surface area contributed by atoms with Crippen molar-refractivity contribution in [1.82, 2.24) is 0 Å². The Hall–Kier alpha value is -0.823. The highest BCUT2D eigenvalue weighted by molar-refractivity contribution is 6.91. The van der Waals surface area contributed by atoms with Crippen LogP contribution < -0.4 is 5.19 Å². The van der Waals surface area contributed by atoms with Gasteiger partial charge in [-0.2, -0.15) is 0 Å². The first kappa shape index (κ1) is 14.2. The molecule has 94 valence electrons. The van der Waals surface area contributed by atoms with Crippen molar-refractivity contribution in [2.24, 2.45) is 5.41 Å². The Morgan fingerprint density at radius 3 is 2.00 bits per heavy atom. The van der Waals surface area contributed by atoms with Crippen LogP contribution >= 0.6 is 0 Å². The van der Waals surface area contributed by atoms with E-state index in [2.05, 4.69) is 83.3 Å². The summed E-state index contributed by atoms with van der Waals surface area (Å²) < 4.78 is 0. The highest BCUT2D eigenvalue weighted by Crippen LogP contribution is 2.40. The summed E-state index contributed by atoms with van der Waals surface area (Å²) in [4.78, 5) is 0. The average molecular weight is 246 g/mol. The maximum absolute atomic E-state index is 2.48. The lowest BCUT2D eigenvalue weighted by molar-refractivity contribution is 0.412. The summed E-state index contributed by atoms with van der Waals surface area (Å²) in [7, 11) is -1.45. The molecule has 1 aromatic carbocycles. The van der Waals surface area contributed by atoms with E-state index in [1.54, 1.807) is 5.19 Å². The molecule has 0 fully saturated rings. The molecule has 0 N–H and O–H groups in total. The van der Waals surface area contributed by atoms with E-state index in [0.29, 0.717) is 11.0 Å². The molecule has 1 unspecified atom stereocenters. The summed E-state index contributed by atoms with van der Waals surface area (Å²) in [6.07, 6.45) is 4.63. The monoisotopic (exact) mass is 246 g/mol. The summed E-state index contributed by atoms with van der Waals surface area (Å²) in [5, 5.41) is 1.55. The molecular formula is C16H26Si. The van der Waals surface area contributed by atoms with Gasteiger partial charge in [0.1, 0.15) is 0 Å². The van der Waals surface area contributed by atoms with Gasteiger partial charge in [-0.3, -0.25) is 0 Å². The van der Waals surface area contributed by atoms with E-state index in [4.69, 9.17) is 0 Å². The van der Waals surface area contributed by atoms with Gasteiger partial charge in [0.25, 0.3) is 0 Å². The van der Waals surface area contributed by atoms with Crippen molar-refractivity contribution in [2.45, 2.75) is 46.3 Å². The zero-order chi connectivity index (χ0) is 13.1. The topological polar surface area (TPSA) is 0 Å². The molecule has 0 nitrogen and oxygen atoms in total. The molecule has 0 saturated heterocycles. The first-order valence-electron chi connectivity index (χ1n) is 6.48. The molecule has 17 heavy (non-hydrogen) atoms. The second-order valence-electron chi connectivity index (χ2n) is 6.46. The zero-order valence-electron chi connectivity index (χ0n) is 12.1. The maximum Gasteiger partial charge on any atom is 0.0878 e. The smallest absolute Gasteiger partial charge is 0.0878 e. The molecule has 0 amide bonds. The van der Waals surface area contributed by atoms with Gasteiger partial charge >= 0.3 is 0 Å². The van der Waals surface area contributed by atoms with Gasteiger partial charge in [-0.25, -0.2) is 0 Å². The van der Waals surface area contributed by atoms with E-state index in [-0.39, 0.29) is 0 Å². The number of rotatable bonds is 3. The molecule has 0 saturated carbocycles. The molecular weight excluding hydrogens is 220 g/mol. The minimum Gasteiger partial charge on any atom is -0.0916 e. The van der Waals surface area contributed by atoms with Crippen LogP contribution in [0.2, 0.25) is 18.6 Å². The minimum absolute atomic E-state index is 0.331. The van der Waals surface area contributed by atoms with Crippen molar-refractivity contribution in [3.05, 3.63) is 42.5 Å². The summed E-state index contributed by atoms with van der Waals surface area (Å²) in [6.45, 7) is 14.2. The molecule has 0 bridgehead atoms. The van der Waals surface area contributed by atoms with E-state index in [0.717, 1.165) is 0 Å². The molecule has 0 aliphatic heterocycles. The molecule has 1 aromatic rings. The molecule has 0 spiro atoms. The molecule has 1 atom stereocenters. The summed E-state index contributed by atoms with van der Waals surface area (Å²) >= 11 is 0. The normalized spacial score (nSPS) is 15.2. The largest absolute Gasteiger partial charge is 0.0916 e. The van der Waals surface area contributed by atoms with Gasteiger partial charge in [0.05, 0.1) is 8.07 Å². The van der Waals surface area contributed by atoms with Gasteiger partial charge in [0, 0.05) is 0 Å². The predicted molar refractivity (Wildman–Crippen MR) is 81.6 cm³/mol. The number of benzene rings is 1. The lowest BCUT2D eigenvalue weighted by atomic mass is 9.91. The second-order valence-corrected chi connectivity index (χ2v) is 11.1. The maximum atomic E-state index is 2.48. The van der Waals surface area contributed by atoms with Crippen LogP contribution in [0.1, 0.15) is 27.7 Å². The Morgan fingerprint density at radius 2 is 1.59 bits per heavy atom. The average Bonchev–Trinajstić information content (AvgIpc) is 2.25. The minimum atomic E-state index is -1.45. The van der Waals surface area contributed by atoms with Crippen LogP contribution in [0.3, 0.4) is 0 Å². The number of allylic oxidation sites excluding steroid dienone is 2. The quantitative estimate of drug-likeness (QED) is 0.540. The van der Waals surface area contributed by atoms with Gasteiger partial charge in [0.2, 0.25) is 0 Å². The second kappa shape index (κ2) is 5.22. The third kappa shape index (κ3) is 3.32. The van der Waals surface area contributed by atoms with Crippen LogP contribution in [0.4, 0.5) is 0 Å². The standard InChI is InChI=1S/C16H26Si/c1-7-11-15(16(2,3)4)17(5,6)14-12-9-8-10-13-14/h7-13,15H,1-6H3/b11-7+. The molecule has 1 rings (SSSR count). The van der Waals surface area contributed by atoms with Gasteiger partial charge < -0.3 is 0 Å². The lowest BCUT2D eigenvalue weighted by Crippen LogP contribution is -2.49. The van der Waals surface area contributed by atoms with Crippen molar-refractivity contribution >= 4 is 13.3 Å². The van der Waals surface area contributed by atoms with E-state index in [1.165, 1.54) is 0 Å². The van der Waals surface area contributed by atoms with Gasteiger partial charge in [-0.1, -0.05) is 81.5 Å². The zero-order valence-corrected chi connectivity index (χ0v) is 13.1. The Morgan fingerprint density at radius 1 is 1.06 bits per heavy atom. The van der Waals surface area contributed by atoms with Crippen LogP contribution in [0.15, 0.2) is 42.5 Å². The van der Waals surface area contributed by atoms with Crippen LogP contribution in [-0.4, -0.2) is 8.07 Å². The SMILES string of the molecule is C/C=C/C(C(C)(C)C)[Si](C)(C)c1ccccc1. The van der Waals surface area contributed by atoms with E-state index in [9.17, 15) is 0 Å². The third-order valence-electron chi connectivity index (χ3n) is 3.61. The molecule has 0 aromatic heterocycles. The fraction of sp³-hybridized carbons (Fsp3) is 0.500. The molecule has 0 radical (unpaired) electrons. The summed E-state index contributed by atoms with van der Waals surface area (Å²) in [5.74, 6) is 0. The Kier molecular flexibility index (Phi) is 4.37. The lowest BCUT2D eigenvalue weighted by Gasteiger charge is -2.40. The van der Waals surface area contributed by atoms with Crippen molar-refractivity contribution in [3.8, 4) is 0 Å². The van der Waals surface area contributed by atoms with E-state index in [1.807, 2.05) is 0 Å². The first-order valence-corrected chi connectivity index (χ1v) is 9.56. The van der Waals surface area contributed by atoms with Gasteiger partial charge in [0.15, 0.2) is 0 Å². The highest BCUT2D eigenvalue weighted by atomic mass is 28.3. The molecule has 0 aliphatic carbocycles. The number of hydrogen-bond acceptors (Lipinski definition) is 0. The summed E-state index contributed by atoms with van der Waals surface area (Å²) in [6, 6.07) is 11.0. The van der Waals surface area contributed by atoms with Crippen LogP contribution in [0.25, 0.3) is 0 Å². The van der Waals surface area contributed by atoms with Crippen LogP contribution in [-0.2, 0) is 0 Å². The van der Waals surface area contributed by atoms with E-state index >= 15 is 0 Å². The Balaban J connectivity index is 3.18. The Bertz CT molecular complexity index is 368. The first-order chi connectivity index (χ1) is 7.80. The van der Waals surface area contributed by atoms with Crippen LogP contribution in [0, 0.1) is 5.41 Å². The van der Waals surface area contributed by atoms with Crippen LogP contribution in [0.5, 0.6) is 0 Å².